The highest BCUT2D eigenvalue weighted by Crippen LogP contribution is 2.26. The fourth-order valence-electron chi connectivity index (χ4n) is 2.87. The lowest BCUT2D eigenvalue weighted by Gasteiger charge is -2.20. The summed E-state index contributed by atoms with van der Waals surface area (Å²) in [5.74, 6) is 1.64. The van der Waals surface area contributed by atoms with E-state index < -0.39 is 0 Å². The zero-order valence-electron chi connectivity index (χ0n) is 13.5. The fraction of sp³-hybridized carbons (Fsp3) is 0.333. The van der Waals surface area contributed by atoms with Crippen molar-refractivity contribution < 1.29 is 4.74 Å². The van der Waals surface area contributed by atoms with Crippen molar-refractivity contribution in [2.24, 2.45) is 5.92 Å². The molecule has 1 unspecified atom stereocenters. The minimum Gasteiger partial charge on any atom is -0.493 e. The highest BCUT2D eigenvalue weighted by Gasteiger charge is 2.13. The summed E-state index contributed by atoms with van der Waals surface area (Å²) in [4.78, 5) is 0. The van der Waals surface area contributed by atoms with E-state index in [9.17, 15) is 0 Å². The minimum absolute atomic E-state index is 0.667. The molecule has 3 rings (SSSR count). The Bertz CT molecular complexity index is 635. The van der Waals surface area contributed by atoms with Crippen LogP contribution < -0.4 is 4.74 Å². The highest BCUT2D eigenvalue weighted by atomic mass is 16.5. The molecule has 0 saturated carbocycles. The van der Waals surface area contributed by atoms with E-state index >= 15 is 0 Å². The number of rotatable bonds is 4. The summed E-state index contributed by atoms with van der Waals surface area (Å²) in [5, 5.41) is 0. The van der Waals surface area contributed by atoms with Gasteiger partial charge in [-0.05, 0) is 62.3 Å². The molecule has 0 heterocycles. The molecule has 1 aliphatic carbocycles. The second-order valence-corrected chi connectivity index (χ2v) is 6.39. The molecule has 1 nitrogen and oxygen atoms in total. The third-order valence-corrected chi connectivity index (χ3v) is 4.47. The molecule has 1 aliphatic rings. The molecule has 1 heteroatoms. The topological polar surface area (TPSA) is 9.23 Å². The number of ether oxygens (including phenoxy) is 1. The van der Waals surface area contributed by atoms with Gasteiger partial charge in [-0.15, -0.1) is 0 Å². The average molecular weight is 292 g/mol. The Labute approximate surface area is 133 Å². The number of allylic oxidation sites excluding steroid dienone is 2. The zero-order chi connectivity index (χ0) is 15.4. The van der Waals surface area contributed by atoms with Crippen LogP contribution in [0.2, 0.25) is 0 Å². The van der Waals surface area contributed by atoms with E-state index in [2.05, 4.69) is 68.5 Å². The van der Waals surface area contributed by atoms with Crippen LogP contribution in [0.3, 0.4) is 0 Å². The van der Waals surface area contributed by atoms with Crippen molar-refractivity contribution in [1.82, 2.24) is 0 Å². The molecule has 0 spiro atoms. The molecule has 114 valence electrons. The van der Waals surface area contributed by atoms with Crippen LogP contribution in [0.1, 0.15) is 31.7 Å². The lowest BCUT2D eigenvalue weighted by Crippen LogP contribution is -2.14. The minimum atomic E-state index is 0.667. The number of aryl methyl sites for hydroxylation is 1. The van der Waals surface area contributed by atoms with Gasteiger partial charge in [0, 0.05) is 0 Å². The summed E-state index contributed by atoms with van der Waals surface area (Å²) in [5.41, 5.74) is 5.31. The third kappa shape index (κ3) is 3.79. The van der Waals surface area contributed by atoms with Crippen molar-refractivity contribution in [2.45, 2.75) is 33.1 Å². The Morgan fingerprint density at radius 2 is 1.55 bits per heavy atom. The molecule has 0 aliphatic heterocycles. The van der Waals surface area contributed by atoms with Crippen LogP contribution in [0.15, 0.2) is 60.2 Å². The van der Waals surface area contributed by atoms with Crippen molar-refractivity contribution in [3.63, 3.8) is 0 Å². The summed E-state index contributed by atoms with van der Waals surface area (Å²) in [6.07, 6.45) is 6.00. The standard InChI is InChI=1S/C21H24O/c1-16-3-7-18(8-4-16)15-22-21-13-11-20(12-14-21)19-9-5-17(2)6-10-19/h3,5-6,9-14,18H,4,7-8,15H2,1-2H3. The second-order valence-electron chi connectivity index (χ2n) is 6.39. The number of hydrogen-bond donors (Lipinski definition) is 0. The van der Waals surface area contributed by atoms with Gasteiger partial charge in [0.05, 0.1) is 6.61 Å². The summed E-state index contributed by atoms with van der Waals surface area (Å²) in [6.45, 7) is 5.16. The van der Waals surface area contributed by atoms with Crippen LogP contribution in [0.25, 0.3) is 11.1 Å². The monoisotopic (exact) mass is 292 g/mol. The molecule has 22 heavy (non-hydrogen) atoms. The highest BCUT2D eigenvalue weighted by molar-refractivity contribution is 5.64. The first-order chi connectivity index (χ1) is 10.7. The first-order valence-electron chi connectivity index (χ1n) is 8.16. The molecule has 0 bridgehead atoms. The van der Waals surface area contributed by atoms with Gasteiger partial charge in [0.15, 0.2) is 0 Å². The van der Waals surface area contributed by atoms with Gasteiger partial charge in [-0.3, -0.25) is 0 Å². The van der Waals surface area contributed by atoms with Crippen molar-refractivity contribution in [3.8, 4) is 16.9 Å². The molecule has 0 radical (unpaired) electrons. The molecule has 0 N–H and O–H groups in total. The van der Waals surface area contributed by atoms with E-state index in [1.807, 2.05) is 0 Å². The summed E-state index contributed by atoms with van der Waals surface area (Å²) in [6, 6.07) is 17.1. The van der Waals surface area contributed by atoms with Gasteiger partial charge in [0.1, 0.15) is 5.75 Å². The normalized spacial score (nSPS) is 17.9. The Hall–Kier alpha value is -2.02. The Morgan fingerprint density at radius 3 is 2.14 bits per heavy atom. The van der Waals surface area contributed by atoms with E-state index in [4.69, 9.17) is 4.74 Å². The van der Waals surface area contributed by atoms with Gasteiger partial charge in [-0.1, -0.05) is 53.6 Å². The van der Waals surface area contributed by atoms with Gasteiger partial charge >= 0.3 is 0 Å². The first kappa shape index (κ1) is 14.9. The van der Waals surface area contributed by atoms with E-state index in [-0.39, 0.29) is 0 Å². The van der Waals surface area contributed by atoms with E-state index in [0.29, 0.717) is 5.92 Å². The maximum Gasteiger partial charge on any atom is 0.119 e. The summed E-state index contributed by atoms with van der Waals surface area (Å²) in [7, 11) is 0. The predicted octanol–water partition coefficient (Wildman–Crippen LogP) is 5.79. The van der Waals surface area contributed by atoms with Gasteiger partial charge < -0.3 is 4.74 Å². The number of benzene rings is 2. The molecular weight excluding hydrogens is 268 g/mol. The maximum atomic E-state index is 5.96. The quantitative estimate of drug-likeness (QED) is 0.648. The predicted molar refractivity (Wildman–Crippen MR) is 93.2 cm³/mol. The van der Waals surface area contributed by atoms with Crippen LogP contribution in [0.4, 0.5) is 0 Å². The molecule has 2 aromatic carbocycles. The maximum absolute atomic E-state index is 5.96. The van der Waals surface area contributed by atoms with Crippen molar-refractivity contribution >= 4 is 0 Å². The first-order valence-corrected chi connectivity index (χ1v) is 8.16. The van der Waals surface area contributed by atoms with E-state index in [1.54, 1.807) is 0 Å². The zero-order valence-corrected chi connectivity index (χ0v) is 13.5. The largest absolute Gasteiger partial charge is 0.493 e. The molecule has 0 saturated heterocycles. The summed E-state index contributed by atoms with van der Waals surface area (Å²) < 4.78 is 5.96. The van der Waals surface area contributed by atoms with Crippen molar-refractivity contribution in [3.05, 3.63) is 65.7 Å². The number of hydrogen-bond acceptors (Lipinski definition) is 1. The molecule has 2 aromatic rings. The molecule has 1 atom stereocenters. The smallest absolute Gasteiger partial charge is 0.119 e. The average Bonchev–Trinajstić information content (AvgIpc) is 2.56. The van der Waals surface area contributed by atoms with E-state index in [1.165, 1.54) is 35.1 Å². The fourth-order valence-corrected chi connectivity index (χ4v) is 2.87. The lowest BCUT2D eigenvalue weighted by atomic mass is 9.91. The Kier molecular flexibility index (Phi) is 4.62. The van der Waals surface area contributed by atoms with Crippen LogP contribution in [0, 0.1) is 12.8 Å². The van der Waals surface area contributed by atoms with Gasteiger partial charge in [-0.2, -0.15) is 0 Å². The van der Waals surface area contributed by atoms with Crippen LogP contribution >= 0.6 is 0 Å². The van der Waals surface area contributed by atoms with Gasteiger partial charge in [0.2, 0.25) is 0 Å². The van der Waals surface area contributed by atoms with Crippen LogP contribution in [-0.2, 0) is 0 Å². The third-order valence-electron chi connectivity index (χ3n) is 4.47. The Morgan fingerprint density at radius 1 is 0.909 bits per heavy atom. The van der Waals surface area contributed by atoms with Crippen molar-refractivity contribution in [2.75, 3.05) is 6.61 Å². The SMILES string of the molecule is CC1=CCC(COc2ccc(-c3ccc(C)cc3)cc2)CC1. The molecule has 0 amide bonds. The Balaban J connectivity index is 1.58. The molecular formula is C21H24O. The van der Waals surface area contributed by atoms with E-state index in [0.717, 1.165) is 18.8 Å². The van der Waals surface area contributed by atoms with Gasteiger partial charge in [-0.25, -0.2) is 0 Å². The molecule has 0 aromatic heterocycles. The molecule has 0 fully saturated rings. The van der Waals surface area contributed by atoms with Crippen LogP contribution in [0.5, 0.6) is 5.75 Å². The van der Waals surface area contributed by atoms with Crippen LogP contribution in [-0.4, -0.2) is 6.61 Å². The van der Waals surface area contributed by atoms with Crippen molar-refractivity contribution in [1.29, 1.82) is 0 Å². The van der Waals surface area contributed by atoms with Gasteiger partial charge in [0.25, 0.3) is 0 Å². The lowest BCUT2D eigenvalue weighted by molar-refractivity contribution is 0.237. The summed E-state index contributed by atoms with van der Waals surface area (Å²) >= 11 is 0. The second kappa shape index (κ2) is 6.83.